The maximum absolute atomic E-state index is 12.1. The van der Waals surface area contributed by atoms with E-state index in [0.717, 1.165) is 59.3 Å². The Labute approximate surface area is 212 Å². The monoisotopic (exact) mass is 493 g/mol. The van der Waals surface area contributed by atoms with Crippen LogP contribution in [0.15, 0.2) is 53.9 Å². The van der Waals surface area contributed by atoms with Gasteiger partial charge in [0.15, 0.2) is 11.5 Å². The van der Waals surface area contributed by atoms with Crippen molar-refractivity contribution < 1.29 is 14.3 Å². The van der Waals surface area contributed by atoms with E-state index in [4.69, 9.17) is 9.47 Å². The van der Waals surface area contributed by atoms with E-state index in [9.17, 15) is 4.79 Å². The van der Waals surface area contributed by atoms with Crippen molar-refractivity contribution in [3.8, 4) is 22.8 Å². The molecule has 0 radical (unpaired) electrons. The van der Waals surface area contributed by atoms with Gasteiger partial charge in [0.05, 0.1) is 24.9 Å². The number of nitrogens with zero attached hydrogens (tertiary/aromatic N) is 2. The van der Waals surface area contributed by atoms with Crippen molar-refractivity contribution in [1.82, 2.24) is 15.2 Å². The van der Waals surface area contributed by atoms with E-state index in [1.165, 1.54) is 5.56 Å². The zero-order chi connectivity index (χ0) is 25.0. The van der Waals surface area contributed by atoms with Crippen LogP contribution in [0.4, 0.5) is 0 Å². The average Bonchev–Trinajstić information content (AvgIpc) is 3.31. The lowest BCUT2D eigenvalue weighted by Gasteiger charge is -2.17. The predicted molar refractivity (Wildman–Crippen MR) is 144 cm³/mol. The van der Waals surface area contributed by atoms with Gasteiger partial charge in [-0.2, -0.15) is 0 Å². The molecule has 35 heavy (non-hydrogen) atoms. The first-order valence-electron chi connectivity index (χ1n) is 11.8. The Morgan fingerprint density at radius 3 is 2.54 bits per heavy atom. The van der Waals surface area contributed by atoms with Gasteiger partial charge >= 0.3 is 0 Å². The van der Waals surface area contributed by atoms with Gasteiger partial charge in [-0.1, -0.05) is 42.5 Å². The van der Waals surface area contributed by atoms with Gasteiger partial charge in [-0.05, 0) is 56.6 Å². The second-order valence-corrected chi connectivity index (χ2v) is 9.49. The lowest BCUT2D eigenvalue weighted by Crippen LogP contribution is -2.28. The highest BCUT2D eigenvalue weighted by atomic mass is 32.1. The summed E-state index contributed by atoms with van der Waals surface area (Å²) < 4.78 is 10.7. The Balaban J connectivity index is 1.30. The van der Waals surface area contributed by atoms with E-state index in [0.29, 0.717) is 13.0 Å². The molecule has 7 heteroatoms. The summed E-state index contributed by atoms with van der Waals surface area (Å²) in [7, 11) is 5.40. The van der Waals surface area contributed by atoms with Crippen LogP contribution in [0.3, 0.4) is 0 Å². The lowest BCUT2D eigenvalue weighted by molar-refractivity contribution is -0.120. The van der Waals surface area contributed by atoms with E-state index in [-0.39, 0.29) is 5.91 Å². The summed E-state index contributed by atoms with van der Waals surface area (Å²) in [5, 5.41) is 6.14. The lowest BCUT2D eigenvalue weighted by atomic mass is 10.1. The van der Waals surface area contributed by atoms with Gasteiger partial charge in [0.25, 0.3) is 0 Å². The molecule has 2 aromatic carbocycles. The third kappa shape index (κ3) is 8.53. The van der Waals surface area contributed by atoms with Crippen molar-refractivity contribution in [2.24, 2.45) is 0 Å². The zero-order valence-electron chi connectivity index (χ0n) is 21.0. The molecule has 0 fully saturated rings. The number of nitrogens with one attached hydrogen (secondary N) is 1. The van der Waals surface area contributed by atoms with E-state index < -0.39 is 0 Å². The number of carbonyl (C=O) groups excluding carboxylic acids is 1. The molecule has 0 spiro atoms. The van der Waals surface area contributed by atoms with Gasteiger partial charge in [0.1, 0.15) is 0 Å². The molecule has 3 aromatic rings. The van der Waals surface area contributed by atoms with Gasteiger partial charge in [-0.3, -0.25) is 4.79 Å². The molecule has 1 aromatic heterocycles. The number of thiazole rings is 1. The number of rotatable bonds is 13. The number of aryl methyl sites for hydroxylation is 1. The van der Waals surface area contributed by atoms with Crippen LogP contribution < -0.4 is 14.8 Å². The van der Waals surface area contributed by atoms with Crippen LogP contribution in [0.2, 0.25) is 0 Å². The molecule has 0 unspecified atom stereocenters. The molecular formula is C28H35N3O3S. The number of hydrogen-bond acceptors (Lipinski definition) is 6. The first kappa shape index (κ1) is 26.4. The first-order valence-corrected chi connectivity index (χ1v) is 12.7. The number of likely N-dealkylation sites (N-methyl/N-ethyl adjacent to an activating group) is 1. The SMILES string of the molecule is COc1ccc(CCN(C)CCCNC(=O)C/C=C/c2ccc(-c3csc(C)n3)cc2)cc1OC. The van der Waals surface area contributed by atoms with Gasteiger partial charge in [-0.25, -0.2) is 4.98 Å². The van der Waals surface area contributed by atoms with Gasteiger partial charge in [-0.15, -0.1) is 11.3 Å². The first-order chi connectivity index (χ1) is 17.0. The smallest absolute Gasteiger partial charge is 0.223 e. The standard InChI is InChI=1S/C28H35N3O3S/c1-21-30-25(20-35-21)24-12-9-22(10-13-24)7-5-8-28(32)29-16-6-17-31(2)18-15-23-11-14-26(33-3)27(19-23)34-4/h5,7,9-14,19-20H,6,8,15-18H2,1-4H3,(H,29,32)/b7-5+. The molecule has 0 saturated heterocycles. The highest BCUT2D eigenvalue weighted by Gasteiger charge is 2.06. The summed E-state index contributed by atoms with van der Waals surface area (Å²) in [4.78, 5) is 18.9. The van der Waals surface area contributed by atoms with Crippen molar-refractivity contribution >= 4 is 23.3 Å². The molecule has 0 atom stereocenters. The minimum Gasteiger partial charge on any atom is -0.493 e. The number of aromatic nitrogens is 1. The van der Waals surface area contributed by atoms with E-state index in [1.54, 1.807) is 25.6 Å². The van der Waals surface area contributed by atoms with Crippen molar-refractivity contribution in [1.29, 1.82) is 0 Å². The van der Waals surface area contributed by atoms with Crippen LogP contribution in [-0.4, -0.2) is 56.7 Å². The Bertz CT molecular complexity index is 1110. The Hall–Kier alpha value is -3.16. The summed E-state index contributed by atoms with van der Waals surface area (Å²) in [6.07, 6.45) is 6.11. The van der Waals surface area contributed by atoms with Crippen LogP contribution in [0.5, 0.6) is 11.5 Å². The third-order valence-electron chi connectivity index (χ3n) is 5.71. The fraction of sp³-hybridized carbons (Fsp3) is 0.357. The summed E-state index contributed by atoms with van der Waals surface area (Å²) >= 11 is 1.65. The summed E-state index contributed by atoms with van der Waals surface area (Å²) in [5.74, 6) is 1.55. The van der Waals surface area contributed by atoms with Crippen LogP contribution in [0.1, 0.15) is 29.0 Å². The van der Waals surface area contributed by atoms with Crippen LogP contribution >= 0.6 is 11.3 Å². The molecule has 1 amide bonds. The maximum Gasteiger partial charge on any atom is 0.223 e. The summed E-state index contributed by atoms with van der Waals surface area (Å²) in [6.45, 7) is 4.55. The van der Waals surface area contributed by atoms with E-state index in [2.05, 4.69) is 58.0 Å². The molecule has 6 nitrogen and oxygen atoms in total. The van der Waals surface area contributed by atoms with Crippen LogP contribution in [-0.2, 0) is 11.2 Å². The molecule has 3 rings (SSSR count). The number of ether oxygens (including phenoxy) is 2. The fourth-order valence-corrected chi connectivity index (χ4v) is 4.30. The second-order valence-electron chi connectivity index (χ2n) is 8.43. The normalized spacial score (nSPS) is 11.2. The third-order valence-corrected chi connectivity index (χ3v) is 6.48. The highest BCUT2D eigenvalue weighted by Crippen LogP contribution is 2.27. The molecule has 0 bridgehead atoms. The fourth-order valence-electron chi connectivity index (χ4n) is 3.68. The van der Waals surface area contributed by atoms with Crippen LogP contribution in [0, 0.1) is 6.92 Å². The highest BCUT2D eigenvalue weighted by molar-refractivity contribution is 7.09. The number of hydrogen-bond donors (Lipinski definition) is 1. The molecule has 1 N–H and O–H groups in total. The molecule has 0 aliphatic carbocycles. The number of carbonyl (C=O) groups is 1. The number of benzene rings is 2. The Morgan fingerprint density at radius 1 is 1.09 bits per heavy atom. The van der Waals surface area contributed by atoms with Crippen molar-refractivity contribution in [2.75, 3.05) is 40.9 Å². The molecule has 0 saturated carbocycles. The van der Waals surface area contributed by atoms with Gasteiger partial charge < -0.3 is 19.7 Å². The second kappa shape index (κ2) is 13.7. The molecular weight excluding hydrogens is 458 g/mol. The summed E-state index contributed by atoms with van der Waals surface area (Å²) in [5.41, 5.74) is 4.40. The van der Waals surface area contributed by atoms with Crippen molar-refractivity contribution in [3.05, 3.63) is 70.1 Å². The molecule has 1 heterocycles. The van der Waals surface area contributed by atoms with E-state index in [1.807, 2.05) is 31.2 Å². The average molecular weight is 494 g/mol. The van der Waals surface area contributed by atoms with Gasteiger partial charge in [0.2, 0.25) is 5.91 Å². The van der Waals surface area contributed by atoms with Crippen LogP contribution in [0.25, 0.3) is 17.3 Å². The quantitative estimate of drug-likeness (QED) is 0.331. The van der Waals surface area contributed by atoms with Crippen molar-refractivity contribution in [3.63, 3.8) is 0 Å². The minimum absolute atomic E-state index is 0.0452. The number of amides is 1. The Kier molecular flexibility index (Phi) is 10.3. The zero-order valence-corrected chi connectivity index (χ0v) is 21.9. The molecule has 0 aliphatic rings. The number of methoxy groups -OCH3 is 2. The Morgan fingerprint density at radius 2 is 1.86 bits per heavy atom. The minimum atomic E-state index is 0.0452. The molecule has 0 aliphatic heterocycles. The van der Waals surface area contributed by atoms with Gasteiger partial charge in [0, 0.05) is 30.5 Å². The molecule has 186 valence electrons. The summed E-state index contributed by atoms with van der Waals surface area (Å²) in [6, 6.07) is 14.3. The largest absolute Gasteiger partial charge is 0.493 e. The predicted octanol–water partition coefficient (Wildman–Crippen LogP) is 5.22. The topological polar surface area (TPSA) is 63.7 Å². The maximum atomic E-state index is 12.1. The van der Waals surface area contributed by atoms with Crippen molar-refractivity contribution in [2.45, 2.75) is 26.2 Å². The van der Waals surface area contributed by atoms with E-state index >= 15 is 0 Å².